The molecule has 3 rings (SSSR count). The zero-order valence-electron chi connectivity index (χ0n) is 16.1. The zero-order chi connectivity index (χ0) is 20.8. The van der Waals surface area contributed by atoms with Gasteiger partial charge in [0.15, 0.2) is 17.3 Å². The van der Waals surface area contributed by atoms with Crippen molar-refractivity contribution < 1.29 is 9.47 Å². The number of ether oxygens (including phenoxy) is 2. The number of hydrogen-bond acceptors (Lipinski definition) is 6. The molecule has 1 aromatic heterocycles. The van der Waals surface area contributed by atoms with E-state index in [2.05, 4.69) is 17.2 Å². The Morgan fingerprint density at radius 1 is 1.17 bits per heavy atom. The van der Waals surface area contributed by atoms with Crippen molar-refractivity contribution in [2.24, 2.45) is 0 Å². The Morgan fingerprint density at radius 2 is 1.93 bits per heavy atom. The number of aromatic nitrogens is 2. The van der Waals surface area contributed by atoms with Gasteiger partial charge in [-0.1, -0.05) is 24.3 Å². The number of nitrogens with zero attached hydrogens (tertiary/aromatic N) is 4. The van der Waals surface area contributed by atoms with E-state index in [9.17, 15) is 10.5 Å². The standard InChI is InChI=1S/C22H19N5O2/c1-3-29-19-10-9-15(12-20(19)28-2)11-16(13-23)21-18(14-24)22(25)26-27(21)17-7-5-4-6-8-17/h4-12H,3H2,1-2H3,(H2,25,26). The van der Waals surface area contributed by atoms with Gasteiger partial charge in [0.05, 0.1) is 25.0 Å². The van der Waals surface area contributed by atoms with Crippen LogP contribution < -0.4 is 15.2 Å². The summed E-state index contributed by atoms with van der Waals surface area (Å²) in [6, 6.07) is 18.8. The van der Waals surface area contributed by atoms with Gasteiger partial charge in [0, 0.05) is 0 Å². The van der Waals surface area contributed by atoms with Gasteiger partial charge in [0.2, 0.25) is 0 Å². The van der Waals surface area contributed by atoms with Crippen molar-refractivity contribution in [2.75, 3.05) is 19.5 Å². The highest BCUT2D eigenvalue weighted by Crippen LogP contribution is 2.31. The summed E-state index contributed by atoms with van der Waals surface area (Å²) in [5, 5.41) is 23.7. The molecule has 0 unspecified atom stereocenters. The molecule has 7 nitrogen and oxygen atoms in total. The Kier molecular flexibility index (Phi) is 5.82. The van der Waals surface area contributed by atoms with E-state index in [1.54, 1.807) is 25.3 Å². The molecule has 0 saturated carbocycles. The van der Waals surface area contributed by atoms with E-state index in [0.717, 1.165) is 0 Å². The highest BCUT2D eigenvalue weighted by Gasteiger charge is 2.21. The van der Waals surface area contributed by atoms with Crippen LogP contribution in [0.25, 0.3) is 17.3 Å². The summed E-state index contributed by atoms with van der Waals surface area (Å²) >= 11 is 0. The lowest BCUT2D eigenvalue weighted by atomic mass is 10.0. The Labute approximate surface area is 168 Å². The highest BCUT2D eigenvalue weighted by atomic mass is 16.5. The van der Waals surface area contributed by atoms with Crippen LogP contribution >= 0.6 is 0 Å². The Bertz CT molecular complexity index is 1130. The van der Waals surface area contributed by atoms with Crippen LogP contribution in [-0.4, -0.2) is 23.5 Å². The maximum absolute atomic E-state index is 9.84. The molecule has 0 spiro atoms. The minimum Gasteiger partial charge on any atom is -0.493 e. The summed E-state index contributed by atoms with van der Waals surface area (Å²) in [6.45, 7) is 2.40. The van der Waals surface area contributed by atoms with E-state index >= 15 is 0 Å². The molecule has 0 amide bonds. The highest BCUT2D eigenvalue weighted by molar-refractivity contribution is 5.92. The molecular formula is C22H19N5O2. The van der Waals surface area contributed by atoms with Gasteiger partial charge in [0.25, 0.3) is 0 Å². The molecule has 144 valence electrons. The van der Waals surface area contributed by atoms with E-state index < -0.39 is 0 Å². The van der Waals surface area contributed by atoms with Crippen molar-refractivity contribution >= 4 is 17.5 Å². The third-order valence-electron chi connectivity index (χ3n) is 4.20. The number of nitriles is 2. The molecule has 0 atom stereocenters. The SMILES string of the molecule is CCOc1ccc(C=C(C#N)c2c(C#N)c(N)nn2-c2ccccc2)cc1OC. The number of rotatable bonds is 6. The number of benzene rings is 2. The first-order valence-corrected chi connectivity index (χ1v) is 8.90. The summed E-state index contributed by atoms with van der Waals surface area (Å²) < 4.78 is 12.4. The van der Waals surface area contributed by atoms with Crippen LogP contribution in [0.1, 0.15) is 23.7 Å². The average molecular weight is 385 g/mol. The van der Waals surface area contributed by atoms with Crippen LogP contribution in [0.2, 0.25) is 0 Å². The molecule has 0 radical (unpaired) electrons. The molecule has 0 bridgehead atoms. The quantitative estimate of drug-likeness (QED) is 0.646. The first-order chi connectivity index (χ1) is 14.1. The first kappa shape index (κ1) is 19.5. The van der Waals surface area contributed by atoms with E-state index in [1.807, 2.05) is 43.3 Å². The maximum atomic E-state index is 9.84. The number of hydrogen-bond donors (Lipinski definition) is 1. The predicted octanol–water partition coefficient (Wildman–Crippen LogP) is 3.80. The fourth-order valence-corrected chi connectivity index (χ4v) is 2.92. The third kappa shape index (κ3) is 3.90. The number of allylic oxidation sites excluding steroid dienone is 1. The second kappa shape index (κ2) is 8.64. The van der Waals surface area contributed by atoms with Crippen LogP contribution in [-0.2, 0) is 0 Å². The molecule has 1 heterocycles. The minimum absolute atomic E-state index is 0.0665. The third-order valence-corrected chi connectivity index (χ3v) is 4.20. The van der Waals surface area contributed by atoms with E-state index in [1.165, 1.54) is 4.68 Å². The summed E-state index contributed by atoms with van der Waals surface area (Å²) in [7, 11) is 1.55. The molecule has 29 heavy (non-hydrogen) atoms. The molecule has 7 heteroatoms. The Balaban J connectivity index is 2.17. The molecule has 0 aliphatic heterocycles. The molecule has 0 aliphatic carbocycles. The van der Waals surface area contributed by atoms with Crippen molar-refractivity contribution in [1.82, 2.24) is 9.78 Å². The average Bonchev–Trinajstić information content (AvgIpc) is 3.09. The summed E-state index contributed by atoms with van der Waals surface area (Å²) in [5.41, 5.74) is 8.10. The van der Waals surface area contributed by atoms with Crippen molar-refractivity contribution in [1.29, 1.82) is 10.5 Å². The fourth-order valence-electron chi connectivity index (χ4n) is 2.92. The molecule has 3 aromatic rings. The van der Waals surface area contributed by atoms with Crippen molar-refractivity contribution in [3.8, 4) is 29.3 Å². The van der Waals surface area contributed by atoms with Gasteiger partial charge in [0.1, 0.15) is 23.4 Å². The number of methoxy groups -OCH3 is 1. The largest absolute Gasteiger partial charge is 0.493 e. The van der Waals surface area contributed by atoms with Crippen LogP contribution in [0.5, 0.6) is 11.5 Å². The first-order valence-electron chi connectivity index (χ1n) is 8.90. The van der Waals surface area contributed by atoms with Gasteiger partial charge in [-0.15, -0.1) is 5.10 Å². The smallest absolute Gasteiger partial charge is 0.164 e. The van der Waals surface area contributed by atoms with Crippen LogP contribution in [0, 0.1) is 22.7 Å². The van der Waals surface area contributed by atoms with Gasteiger partial charge < -0.3 is 15.2 Å². The van der Waals surface area contributed by atoms with Gasteiger partial charge in [-0.25, -0.2) is 4.68 Å². The molecule has 0 saturated heterocycles. The molecular weight excluding hydrogens is 366 g/mol. The fraction of sp³-hybridized carbons (Fsp3) is 0.136. The number of nitrogen functional groups attached to an aromatic ring is 1. The predicted molar refractivity (Wildman–Crippen MR) is 110 cm³/mol. The second-order valence-corrected chi connectivity index (χ2v) is 5.98. The van der Waals surface area contributed by atoms with Crippen LogP contribution in [0.15, 0.2) is 48.5 Å². The molecule has 2 aromatic carbocycles. The minimum atomic E-state index is 0.0665. The number of para-hydroxylation sites is 1. The lowest BCUT2D eigenvalue weighted by molar-refractivity contribution is 0.311. The monoisotopic (exact) mass is 385 g/mol. The molecule has 2 N–H and O–H groups in total. The topological polar surface area (TPSA) is 110 Å². The van der Waals surface area contributed by atoms with Crippen LogP contribution in [0.4, 0.5) is 5.82 Å². The zero-order valence-corrected chi connectivity index (χ0v) is 16.1. The van der Waals surface area contributed by atoms with E-state index in [0.29, 0.717) is 35.1 Å². The summed E-state index contributed by atoms with van der Waals surface area (Å²) in [5.74, 6) is 1.23. The molecule has 0 fully saturated rings. The Hall–Kier alpha value is -4.23. The van der Waals surface area contributed by atoms with Crippen molar-refractivity contribution in [3.63, 3.8) is 0 Å². The van der Waals surface area contributed by atoms with Gasteiger partial charge >= 0.3 is 0 Å². The molecule has 0 aliphatic rings. The summed E-state index contributed by atoms with van der Waals surface area (Å²) in [4.78, 5) is 0. The van der Waals surface area contributed by atoms with Crippen LogP contribution in [0.3, 0.4) is 0 Å². The lowest BCUT2D eigenvalue weighted by Gasteiger charge is -2.10. The van der Waals surface area contributed by atoms with Gasteiger partial charge in [-0.05, 0) is 42.8 Å². The van der Waals surface area contributed by atoms with Crippen molar-refractivity contribution in [3.05, 3.63) is 65.4 Å². The normalized spacial score (nSPS) is 10.8. The lowest BCUT2D eigenvalue weighted by Crippen LogP contribution is -2.02. The maximum Gasteiger partial charge on any atom is 0.164 e. The van der Waals surface area contributed by atoms with Gasteiger partial charge in [-0.2, -0.15) is 10.5 Å². The van der Waals surface area contributed by atoms with Crippen molar-refractivity contribution in [2.45, 2.75) is 6.92 Å². The van der Waals surface area contributed by atoms with Gasteiger partial charge in [-0.3, -0.25) is 0 Å². The van der Waals surface area contributed by atoms with E-state index in [4.69, 9.17) is 15.2 Å². The summed E-state index contributed by atoms with van der Waals surface area (Å²) in [6.07, 6.45) is 1.66. The number of nitrogens with two attached hydrogens (primary N) is 1. The second-order valence-electron chi connectivity index (χ2n) is 5.98. The Morgan fingerprint density at radius 3 is 2.55 bits per heavy atom. The van der Waals surface area contributed by atoms with E-state index in [-0.39, 0.29) is 17.0 Å². The number of anilines is 1.